The summed E-state index contributed by atoms with van der Waals surface area (Å²) in [7, 11) is 0. The van der Waals surface area contributed by atoms with Gasteiger partial charge in [-0.3, -0.25) is 4.90 Å². The third-order valence-corrected chi connectivity index (χ3v) is 5.11. The Morgan fingerprint density at radius 2 is 2.12 bits per heavy atom. The van der Waals surface area contributed by atoms with E-state index < -0.39 is 0 Å². The Kier molecular flexibility index (Phi) is 4.59. The Labute approximate surface area is 155 Å². The van der Waals surface area contributed by atoms with Gasteiger partial charge >= 0.3 is 0 Å². The summed E-state index contributed by atoms with van der Waals surface area (Å²) in [5.41, 5.74) is 3.54. The molecule has 5 heteroatoms. The van der Waals surface area contributed by atoms with E-state index in [-0.39, 0.29) is 5.60 Å². The molecule has 0 amide bonds. The fourth-order valence-corrected chi connectivity index (χ4v) is 3.74. The Hall–Kier alpha value is -2.11. The molecule has 3 heterocycles. The molecule has 1 atom stereocenters. The molecule has 2 aromatic rings. The van der Waals surface area contributed by atoms with Crippen LogP contribution in [0.25, 0.3) is 0 Å². The molecule has 0 spiro atoms. The van der Waals surface area contributed by atoms with Crippen LogP contribution in [0, 0.1) is 6.92 Å². The van der Waals surface area contributed by atoms with Gasteiger partial charge in [0.05, 0.1) is 0 Å². The van der Waals surface area contributed by atoms with Crippen LogP contribution in [0.5, 0.6) is 11.6 Å². The van der Waals surface area contributed by atoms with Crippen LogP contribution in [0.1, 0.15) is 36.6 Å². The van der Waals surface area contributed by atoms with E-state index in [2.05, 4.69) is 46.4 Å². The lowest BCUT2D eigenvalue weighted by Crippen LogP contribution is -2.45. The molecule has 4 rings (SSSR count). The van der Waals surface area contributed by atoms with Crippen LogP contribution in [-0.2, 0) is 6.54 Å². The summed E-state index contributed by atoms with van der Waals surface area (Å²) in [4.78, 5) is 6.84. The highest BCUT2D eigenvalue weighted by atomic mass is 16.6. The predicted octanol–water partition coefficient (Wildman–Crippen LogP) is 3.09. The fraction of sp³-hybridized carbons (Fsp3) is 0.476. The molecule has 0 bridgehead atoms. The molecule has 1 aromatic heterocycles. The average molecular weight is 353 g/mol. The molecule has 1 fully saturated rings. The SMILES string of the molecule is Cc1ccccc1C1CN(Cc2ccnc3c2OCC(C)(C)O3)CCN1. The van der Waals surface area contributed by atoms with Crippen molar-refractivity contribution in [1.82, 2.24) is 15.2 Å². The average Bonchev–Trinajstić information content (AvgIpc) is 2.61. The standard InChI is InChI=1S/C21H27N3O2/c1-15-6-4-5-7-17(15)18-13-24(11-10-22-18)12-16-8-9-23-20-19(16)25-14-21(2,3)26-20/h4-9,18,22H,10-14H2,1-3H3. The van der Waals surface area contributed by atoms with Crippen molar-refractivity contribution in [3.63, 3.8) is 0 Å². The molecule has 1 unspecified atom stereocenters. The first-order valence-electron chi connectivity index (χ1n) is 9.33. The van der Waals surface area contributed by atoms with Gasteiger partial charge in [-0.05, 0) is 38.0 Å². The van der Waals surface area contributed by atoms with Gasteiger partial charge in [-0.1, -0.05) is 24.3 Å². The third kappa shape index (κ3) is 3.55. The number of fused-ring (bicyclic) bond motifs is 1. The minimum atomic E-state index is -0.330. The van der Waals surface area contributed by atoms with Crippen LogP contribution < -0.4 is 14.8 Å². The molecular weight excluding hydrogens is 326 g/mol. The topological polar surface area (TPSA) is 46.6 Å². The monoisotopic (exact) mass is 353 g/mol. The van der Waals surface area contributed by atoms with Crippen molar-refractivity contribution in [3.05, 3.63) is 53.2 Å². The molecule has 1 N–H and O–H groups in total. The maximum absolute atomic E-state index is 6.01. The molecule has 5 nitrogen and oxygen atoms in total. The lowest BCUT2D eigenvalue weighted by atomic mass is 9.99. The summed E-state index contributed by atoms with van der Waals surface area (Å²) >= 11 is 0. The van der Waals surface area contributed by atoms with Crippen LogP contribution in [0.4, 0.5) is 0 Å². The molecule has 0 radical (unpaired) electrons. The van der Waals surface area contributed by atoms with Gasteiger partial charge in [-0.25, -0.2) is 4.98 Å². The number of hydrogen-bond acceptors (Lipinski definition) is 5. The number of rotatable bonds is 3. The first kappa shape index (κ1) is 17.3. The molecule has 1 aromatic carbocycles. The molecule has 26 heavy (non-hydrogen) atoms. The van der Waals surface area contributed by atoms with Crippen LogP contribution in [0.2, 0.25) is 0 Å². The lowest BCUT2D eigenvalue weighted by Gasteiger charge is -2.36. The van der Waals surface area contributed by atoms with Crippen LogP contribution in [-0.4, -0.2) is 41.7 Å². The summed E-state index contributed by atoms with van der Waals surface area (Å²) in [5.74, 6) is 1.42. The molecule has 138 valence electrons. The van der Waals surface area contributed by atoms with E-state index in [1.807, 2.05) is 26.1 Å². The summed E-state index contributed by atoms with van der Waals surface area (Å²) in [5, 5.41) is 3.66. The van der Waals surface area contributed by atoms with Crippen molar-refractivity contribution >= 4 is 0 Å². The first-order chi connectivity index (χ1) is 12.5. The Bertz CT molecular complexity index is 791. The van der Waals surface area contributed by atoms with Crippen molar-refractivity contribution in [3.8, 4) is 11.6 Å². The van der Waals surface area contributed by atoms with Crippen molar-refractivity contribution in [2.75, 3.05) is 26.2 Å². The number of piperazine rings is 1. The second kappa shape index (κ2) is 6.89. The largest absolute Gasteiger partial charge is 0.483 e. The van der Waals surface area contributed by atoms with E-state index in [1.54, 1.807) is 0 Å². The minimum Gasteiger partial charge on any atom is -0.483 e. The number of pyridine rings is 1. The molecule has 1 saturated heterocycles. The summed E-state index contributed by atoms with van der Waals surface area (Å²) in [6.07, 6.45) is 1.82. The number of aryl methyl sites for hydroxylation is 1. The van der Waals surface area contributed by atoms with E-state index in [9.17, 15) is 0 Å². The van der Waals surface area contributed by atoms with Crippen molar-refractivity contribution < 1.29 is 9.47 Å². The quantitative estimate of drug-likeness (QED) is 0.919. The van der Waals surface area contributed by atoms with E-state index in [0.29, 0.717) is 18.5 Å². The van der Waals surface area contributed by atoms with E-state index >= 15 is 0 Å². The third-order valence-electron chi connectivity index (χ3n) is 5.11. The zero-order valence-electron chi connectivity index (χ0n) is 15.8. The van der Waals surface area contributed by atoms with Crippen LogP contribution >= 0.6 is 0 Å². The minimum absolute atomic E-state index is 0.330. The van der Waals surface area contributed by atoms with Crippen molar-refractivity contribution in [2.24, 2.45) is 0 Å². The van der Waals surface area contributed by atoms with Crippen LogP contribution in [0.3, 0.4) is 0 Å². The van der Waals surface area contributed by atoms with Gasteiger partial charge in [0, 0.05) is 44.0 Å². The van der Waals surface area contributed by atoms with Gasteiger partial charge in [0.2, 0.25) is 0 Å². The van der Waals surface area contributed by atoms with E-state index in [4.69, 9.17) is 9.47 Å². The number of aromatic nitrogens is 1. The molecule has 2 aliphatic heterocycles. The second-order valence-corrected chi connectivity index (χ2v) is 7.85. The molecule has 0 aliphatic carbocycles. The van der Waals surface area contributed by atoms with Crippen molar-refractivity contribution in [2.45, 2.75) is 39.0 Å². The summed E-state index contributed by atoms with van der Waals surface area (Å²) in [6, 6.07) is 11.0. The highest BCUT2D eigenvalue weighted by molar-refractivity contribution is 5.43. The molecule has 2 aliphatic rings. The predicted molar refractivity (Wildman–Crippen MR) is 102 cm³/mol. The second-order valence-electron chi connectivity index (χ2n) is 7.85. The highest BCUT2D eigenvalue weighted by Gasteiger charge is 2.31. The zero-order valence-corrected chi connectivity index (χ0v) is 15.8. The smallest absolute Gasteiger partial charge is 0.257 e. The maximum atomic E-state index is 6.01. The lowest BCUT2D eigenvalue weighted by molar-refractivity contribution is 0.0148. The first-order valence-corrected chi connectivity index (χ1v) is 9.33. The van der Waals surface area contributed by atoms with Gasteiger partial charge in [-0.15, -0.1) is 0 Å². The number of ether oxygens (including phenoxy) is 2. The van der Waals surface area contributed by atoms with Gasteiger partial charge in [-0.2, -0.15) is 0 Å². The number of hydrogen-bond donors (Lipinski definition) is 1. The number of nitrogens with zero attached hydrogens (tertiary/aromatic N) is 2. The van der Waals surface area contributed by atoms with Gasteiger partial charge in [0.1, 0.15) is 12.2 Å². The van der Waals surface area contributed by atoms with Crippen molar-refractivity contribution in [1.29, 1.82) is 0 Å². The van der Waals surface area contributed by atoms with Gasteiger partial charge in [0.25, 0.3) is 5.88 Å². The van der Waals surface area contributed by atoms with Gasteiger partial charge in [0.15, 0.2) is 5.75 Å². The molecule has 0 saturated carbocycles. The summed E-state index contributed by atoms with van der Waals surface area (Å²) in [6.45, 7) is 10.6. The summed E-state index contributed by atoms with van der Waals surface area (Å²) < 4.78 is 12.0. The Morgan fingerprint density at radius 3 is 2.96 bits per heavy atom. The Balaban J connectivity index is 1.51. The number of benzene rings is 1. The molecular formula is C21H27N3O2. The van der Waals surface area contributed by atoms with E-state index in [1.165, 1.54) is 11.1 Å². The van der Waals surface area contributed by atoms with Gasteiger partial charge < -0.3 is 14.8 Å². The Morgan fingerprint density at radius 1 is 1.27 bits per heavy atom. The zero-order chi connectivity index (χ0) is 18.1. The maximum Gasteiger partial charge on any atom is 0.257 e. The normalized spacial score (nSPS) is 22.2. The van der Waals surface area contributed by atoms with E-state index in [0.717, 1.165) is 37.5 Å². The highest BCUT2D eigenvalue weighted by Crippen LogP contribution is 2.36. The van der Waals surface area contributed by atoms with Crippen LogP contribution in [0.15, 0.2) is 36.5 Å². The number of nitrogens with one attached hydrogen (secondary N) is 1. The fourth-order valence-electron chi connectivity index (χ4n) is 3.74.